The number of hydrogen-bond donors (Lipinski definition) is 1. The molecule has 80 valence electrons. The van der Waals surface area contributed by atoms with Gasteiger partial charge in [-0.1, -0.05) is 60.4 Å². The van der Waals surface area contributed by atoms with Crippen LogP contribution in [0, 0.1) is 11.8 Å². The van der Waals surface area contributed by atoms with Gasteiger partial charge in [0.15, 0.2) is 0 Å². The molecule has 0 bridgehead atoms. The van der Waals surface area contributed by atoms with Crippen LogP contribution in [0.1, 0.15) is 11.1 Å². The molecule has 2 aromatic carbocycles. The molecule has 2 aliphatic carbocycles. The number of hydrogen-bond acceptors (Lipinski definition) is 1. The van der Waals surface area contributed by atoms with Crippen molar-refractivity contribution in [2.45, 2.75) is 11.5 Å². The predicted octanol–water partition coefficient (Wildman–Crippen LogP) is 2.33. The third-order valence-electron chi connectivity index (χ3n) is 3.81. The largest absolute Gasteiger partial charge is 0.378 e. The third-order valence-corrected chi connectivity index (χ3v) is 3.81. The average molecular weight is 218 g/mol. The zero-order chi connectivity index (χ0) is 11.5. The number of aliphatic hydroxyl groups excluding tert-OH is 1. The monoisotopic (exact) mass is 218 g/mol. The lowest BCUT2D eigenvalue weighted by Gasteiger charge is -2.34. The highest BCUT2D eigenvalue weighted by Gasteiger charge is 2.50. The zero-order valence-electron chi connectivity index (χ0n) is 9.14. The minimum absolute atomic E-state index is 0.465. The summed E-state index contributed by atoms with van der Waals surface area (Å²) in [4.78, 5) is 0. The van der Waals surface area contributed by atoms with E-state index in [-0.39, 0.29) is 0 Å². The topological polar surface area (TPSA) is 20.2 Å². The van der Waals surface area contributed by atoms with E-state index in [0.29, 0.717) is 0 Å². The summed E-state index contributed by atoms with van der Waals surface area (Å²) in [6, 6.07) is 16.5. The van der Waals surface area contributed by atoms with Crippen LogP contribution in [0.2, 0.25) is 0 Å². The van der Waals surface area contributed by atoms with E-state index in [9.17, 15) is 5.11 Å². The van der Waals surface area contributed by atoms with Crippen molar-refractivity contribution in [1.82, 2.24) is 0 Å². The summed E-state index contributed by atoms with van der Waals surface area (Å²) < 4.78 is 0. The molecule has 1 unspecified atom stereocenters. The lowest BCUT2D eigenvalue weighted by Crippen LogP contribution is -2.42. The van der Waals surface area contributed by atoms with Crippen LogP contribution in [-0.4, -0.2) is 11.2 Å². The highest BCUT2D eigenvalue weighted by molar-refractivity contribution is 5.85. The second-order valence-electron chi connectivity index (χ2n) is 4.57. The normalized spacial score (nSPS) is 21.1. The maximum absolute atomic E-state index is 10.1. The maximum Gasteiger partial charge on any atom is 0.139 e. The Balaban J connectivity index is 2.16. The van der Waals surface area contributed by atoms with Crippen LogP contribution in [0.4, 0.5) is 0 Å². The van der Waals surface area contributed by atoms with Gasteiger partial charge in [0, 0.05) is 0 Å². The molecule has 0 fully saturated rings. The van der Waals surface area contributed by atoms with Gasteiger partial charge in [0.05, 0.1) is 0 Å². The van der Waals surface area contributed by atoms with Crippen LogP contribution >= 0.6 is 0 Å². The Bertz CT molecular complexity index is 642. The fourth-order valence-electron chi connectivity index (χ4n) is 2.98. The molecule has 0 radical (unpaired) electrons. The molecule has 17 heavy (non-hydrogen) atoms. The van der Waals surface area contributed by atoms with Crippen molar-refractivity contribution in [3.8, 4) is 23.0 Å². The summed E-state index contributed by atoms with van der Waals surface area (Å²) in [7, 11) is 0. The fourth-order valence-corrected chi connectivity index (χ4v) is 2.98. The van der Waals surface area contributed by atoms with E-state index in [0.717, 1.165) is 11.1 Å². The Hall–Kier alpha value is -2.04. The molecule has 0 saturated carbocycles. The number of rotatable bonds is 0. The van der Waals surface area contributed by atoms with Gasteiger partial charge in [-0.3, -0.25) is 0 Å². The third kappa shape index (κ3) is 0.868. The summed E-state index contributed by atoms with van der Waals surface area (Å²) in [5, 5.41) is 10.1. The first-order valence-corrected chi connectivity index (χ1v) is 5.74. The first-order valence-electron chi connectivity index (χ1n) is 5.74. The summed E-state index contributed by atoms with van der Waals surface area (Å²) in [5.74, 6) is 6.01. The van der Waals surface area contributed by atoms with Crippen molar-refractivity contribution < 1.29 is 5.11 Å². The summed E-state index contributed by atoms with van der Waals surface area (Å²) in [6.07, 6.45) is -0.577. The van der Waals surface area contributed by atoms with Crippen molar-refractivity contribution in [3.05, 3.63) is 59.7 Å². The van der Waals surface area contributed by atoms with Gasteiger partial charge in [-0.15, -0.1) is 0 Å². The van der Waals surface area contributed by atoms with Gasteiger partial charge in [0.2, 0.25) is 0 Å². The van der Waals surface area contributed by atoms with Crippen molar-refractivity contribution >= 4 is 0 Å². The van der Waals surface area contributed by atoms with Crippen LogP contribution < -0.4 is 0 Å². The van der Waals surface area contributed by atoms with E-state index in [2.05, 4.69) is 36.1 Å². The van der Waals surface area contributed by atoms with Crippen LogP contribution in [-0.2, 0) is 5.41 Å². The van der Waals surface area contributed by atoms with Crippen molar-refractivity contribution in [2.75, 3.05) is 0 Å². The van der Waals surface area contributed by atoms with E-state index in [4.69, 9.17) is 0 Å². The molecular weight excluding hydrogens is 208 g/mol. The summed E-state index contributed by atoms with van der Waals surface area (Å²) in [5.41, 5.74) is 4.24. The molecule has 1 spiro atoms. The van der Waals surface area contributed by atoms with Gasteiger partial charge in [-0.2, -0.15) is 0 Å². The smallest absolute Gasteiger partial charge is 0.139 e. The molecular formula is C16H10O. The molecule has 0 saturated heterocycles. The number of aliphatic hydroxyl groups is 1. The quantitative estimate of drug-likeness (QED) is 0.673. The average Bonchev–Trinajstić information content (AvgIpc) is 2.70. The van der Waals surface area contributed by atoms with E-state index in [1.807, 2.05) is 24.3 Å². The van der Waals surface area contributed by atoms with E-state index < -0.39 is 11.5 Å². The first kappa shape index (κ1) is 9.04. The van der Waals surface area contributed by atoms with Gasteiger partial charge < -0.3 is 5.11 Å². The van der Waals surface area contributed by atoms with Crippen molar-refractivity contribution in [2.24, 2.45) is 0 Å². The lowest BCUT2D eigenvalue weighted by atomic mass is 9.69. The fraction of sp³-hybridized carbons (Fsp3) is 0.125. The minimum Gasteiger partial charge on any atom is -0.378 e. The Kier molecular flexibility index (Phi) is 1.49. The molecule has 0 aliphatic heterocycles. The standard InChI is InChI=1S/C16H10O/c17-15-9-10-16(15)13-7-3-1-5-11(13)12-6-2-4-8-14(12)16/h1-8,15,17H. The highest BCUT2D eigenvalue weighted by atomic mass is 16.3. The molecule has 0 heterocycles. The van der Waals surface area contributed by atoms with Crippen molar-refractivity contribution in [1.29, 1.82) is 0 Å². The molecule has 1 N–H and O–H groups in total. The Morgan fingerprint density at radius 3 is 1.82 bits per heavy atom. The highest BCUT2D eigenvalue weighted by Crippen LogP contribution is 2.52. The Labute approximate surface area is 99.7 Å². The lowest BCUT2D eigenvalue weighted by molar-refractivity contribution is 0.173. The van der Waals surface area contributed by atoms with E-state index in [1.165, 1.54) is 11.1 Å². The Morgan fingerprint density at radius 1 is 0.882 bits per heavy atom. The van der Waals surface area contributed by atoms with E-state index in [1.54, 1.807) is 0 Å². The van der Waals surface area contributed by atoms with Crippen LogP contribution in [0.25, 0.3) is 11.1 Å². The number of benzene rings is 2. The molecule has 0 aromatic heterocycles. The molecule has 2 aliphatic rings. The van der Waals surface area contributed by atoms with Gasteiger partial charge in [-0.25, -0.2) is 0 Å². The second-order valence-corrected chi connectivity index (χ2v) is 4.57. The van der Waals surface area contributed by atoms with E-state index >= 15 is 0 Å². The molecule has 0 amide bonds. The van der Waals surface area contributed by atoms with Crippen LogP contribution in [0.5, 0.6) is 0 Å². The van der Waals surface area contributed by atoms with Gasteiger partial charge >= 0.3 is 0 Å². The molecule has 2 aromatic rings. The predicted molar refractivity (Wildman–Crippen MR) is 66.4 cm³/mol. The Morgan fingerprint density at radius 2 is 1.41 bits per heavy atom. The summed E-state index contributed by atoms with van der Waals surface area (Å²) in [6.45, 7) is 0. The van der Waals surface area contributed by atoms with Gasteiger partial charge in [0.1, 0.15) is 11.5 Å². The molecule has 1 heteroatoms. The zero-order valence-corrected chi connectivity index (χ0v) is 9.14. The van der Waals surface area contributed by atoms with Crippen molar-refractivity contribution in [3.63, 3.8) is 0 Å². The van der Waals surface area contributed by atoms with Gasteiger partial charge in [-0.05, 0) is 22.3 Å². The summed E-state index contributed by atoms with van der Waals surface area (Å²) >= 11 is 0. The molecule has 1 atom stereocenters. The molecule has 4 rings (SSSR count). The SMILES string of the molecule is OC1C#CC12c1ccccc1-c1ccccc12. The van der Waals surface area contributed by atoms with Gasteiger partial charge in [0.25, 0.3) is 0 Å². The second kappa shape index (κ2) is 2.80. The number of fused-ring (bicyclic) bond motifs is 5. The molecule has 1 nitrogen and oxygen atoms in total. The minimum atomic E-state index is -0.577. The van der Waals surface area contributed by atoms with Crippen LogP contribution in [0.15, 0.2) is 48.5 Å². The maximum atomic E-state index is 10.1. The van der Waals surface area contributed by atoms with Crippen LogP contribution in [0.3, 0.4) is 0 Å². The first-order chi connectivity index (χ1) is 8.34.